The van der Waals surface area contributed by atoms with Crippen LogP contribution in [0.1, 0.15) is 15.9 Å². The molecule has 0 spiro atoms. The van der Waals surface area contributed by atoms with Crippen LogP contribution in [0.2, 0.25) is 0 Å². The zero-order valence-corrected chi connectivity index (χ0v) is 12.1. The van der Waals surface area contributed by atoms with Crippen molar-refractivity contribution in [3.63, 3.8) is 0 Å². The van der Waals surface area contributed by atoms with E-state index in [9.17, 15) is 4.79 Å². The van der Waals surface area contributed by atoms with Crippen molar-refractivity contribution in [1.82, 2.24) is 0 Å². The number of amides is 1. The maximum Gasteiger partial charge on any atom is 0.255 e. The molecule has 5 heteroatoms. The first-order valence-electron chi connectivity index (χ1n) is 6.50. The van der Waals surface area contributed by atoms with Gasteiger partial charge in [0.25, 0.3) is 5.91 Å². The minimum absolute atomic E-state index is 0.212. The van der Waals surface area contributed by atoms with Crippen molar-refractivity contribution < 1.29 is 14.3 Å². The van der Waals surface area contributed by atoms with Crippen LogP contribution in [0.15, 0.2) is 42.5 Å². The Bertz CT molecular complexity index is 624. The number of anilines is 1. The number of carbonyl (C=O) groups excluding carboxylic acids is 1. The van der Waals surface area contributed by atoms with E-state index in [4.69, 9.17) is 15.2 Å². The number of rotatable bonds is 5. The third-order valence-corrected chi connectivity index (χ3v) is 3.09. The Morgan fingerprint density at radius 1 is 1.05 bits per heavy atom. The van der Waals surface area contributed by atoms with E-state index in [2.05, 4.69) is 5.32 Å². The third-order valence-electron chi connectivity index (χ3n) is 3.09. The topological polar surface area (TPSA) is 73.6 Å². The minimum atomic E-state index is -0.212. The number of carbonyl (C=O) groups is 1. The fraction of sp³-hybridized carbons (Fsp3) is 0.188. The molecule has 2 aromatic carbocycles. The Hall–Kier alpha value is -2.53. The number of hydrogen-bond donors (Lipinski definition) is 2. The van der Waals surface area contributed by atoms with Gasteiger partial charge in [-0.2, -0.15) is 0 Å². The Morgan fingerprint density at radius 3 is 2.29 bits per heavy atom. The molecule has 0 heterocycles. The Morgan fingerprint density at radius 2 is 1.71 bits per heavy atom. The Balaban J connectivity index is 2.15. The van der Waals surface area contributed by atoms with Gasteiger partial charge in [0.15, 0.2) is 11.5 Å². The summed E-state index contributed by atoms with van der Waals surface area (Å²) < 4.78 is 10.3. The number of nitrogens with two attached hydrogens (primary N) is 1. The minimum Gasteiger partial charge on any atom is -0.493 e. The molecule has 2 aromatic rings. The SMILES string of the molecule is COc1ccc(C(=O)Nc2ccc(CN)cc2)cc1OC. The number of methoxy groups -OCH3 is 2. The van der Waals surface area contributed by atoms with Gasteiger partial charge in [-0.15, -0.1) is 0 Å². The molecule has 21 heavy (non-hydrogen) atoms. The molecule has 0 aliphatic heterocycles. The maximum absolute atomic E-state index is 12.2. The van der Waals surface area contributed by atoms with Crippen molar-refractivity contribution in [2.24, 2.45) is 5.73 Å². The van der Waals surface area contributed by atoms with Gasteiger partial charge in [-0.3, -0.25) is 4.79 Å². The van der Waals surface area contributed by atoms with Gasteiger partial charge in [0, 0.05) is 17.8 Å². The van der Waals surface area contributed by atoms with E-state index in [1.165, 1.54) is 7.11 Å². The fourth-order valence-corrected chi connectivity index (χ4v) is 1.90. The van der Waals surface area contributed by atoms with E-state index in [-0.39, 0.29) is 5.91 Å². The summed E-state index contributed by atoms with van der Waals surface area (Å²) in [6.07, 6.45) is 0. The van der Waals surface area contributed by atoms with Crippen LogP contribution in [-0.2, 0) is 6.54 Å². The number of benzene rings is 2. The van der Waals surface area contributed by atoms with E-state index >= 15 is 0 Å². The average Bonchev–Trinajstić information content (AvgIpc) is 2.54. The molecule has 5 nitrogen and oxygen atoms in total. The first-order valence-corrected chi connectivity index (χ1v) is 6.50. The lowest BCUT2D eigenvalue weighted by Crippen LogP contribution is -2.12. The lowest BCUT2D eigenvalue weighted by molar-refractivity contribution is 0.102. The zero-order chi connectivity index (χ0) is 15.2. The highest BCUT2D eigenvalue weighted by Crippen LogP contribution is 2.27. The summed E-state index contributed by atoms with van der Waals surface area (Å²) in [6, 6.07) is 12.4. The van der Waals surface area contributed by atoms with Crippen molar-refractivity contribution in [2.75, 3.05) is 19.5 Å². The highest BCUT2D eigenvalue weighted by atomic mass is 16.5. The van der Waals surface area contributed by atoms with E-state index in [1.54, 1.807) is 25.3 Å². The summed E-state index contributed by atoms with van der Waals surface area (Å²) >= 11 is 0. The van der Waals surface area contributed by atoms with Crippen molar-refractivity contribution >= 4 is 11.6 Å². The van der Waals surface area contributed by atoms with Gasteiger partial charge in [0.2, 0.25) is 0 Å². The van der Waals surface area contributed by atoms with E-state index in [1.807, 2.05) is 24.3 Å². The lowest BCUT2D eigenvalue weighted by Gasteiger charge is -2.10. The maximum atomic E-state index is 12.2. The molecule has 0 radical (unpaired) electrons. The molecule has 0 aliphatic carbocycles. The molecule has 110 valence electrons. The monoisotopic (exact) mass is 286 g/mol. The van der Waals surface area contributed by atoms with Crippen molar-refractivity contribution in [3.8, 4) is 11.5 Å². The molecule has 0 saturated heterocycles. The van der Waals surface area contributed by atoms with Crippen molar-refractivity contribution in [2.45, 2.75) is 6.54 Å². The van der Waals surface area contributed by atoms with Gasteiger partial charge in [-0.25, -0.2) is 0 Å². The van der Waals surface area contributed by atoms with Gasteiger partial charge in [0.1, 0.15) is 0 Å². The van der Waals surface area contributed by atoms with Crippen LogP contribution in [0, 0.1) is 0 Å². The van der Waals surface area contributed by atoms with Crippen LogP contribution in [0.5, 0.6) is 11.5 Å². The summed E-state index contributed by atoms with van der Waals surface area (Å²) in [6.45, 7) is 0.476. The number of ether oxygens (including phenoxy) is 2. The second kappa shape index (κ2) is 6.76. The first-order chi connectivity index (χ1) is 10.2. The fourth-order valence-electron chi connectivity index (χ4n) is 1.90. The van der Waals surface area contributed by atoms with Crippen LogP contribution in [-0.4, -0.2) is 20.1 Å². The van der Waals surface area contributed by atoms with Crippen LogP contribution < -0.4 is 20.5 Å². The van der Waals surface area contributed by atoms with Crippen molar-refractivity contribution in [1.29, 1.82) is 0 Å². The Kier molecular flexibility index (Phi) is 4.79. The average molecular weight is 286 g/mol. The molecule has 2 rings (SSSR count). The lowest BCUT2D eigenvalue weighted by atomic mass is 10.1. The standard InChI is InChI=1S/C16H18N2O3/c1-20-14-8-5-12(9-15(14)21-2)16(19)18-13-6-3-11(10-17)4-7-13/h3-9H,10,17H2,1-2H3,(H,18,19). The highest BCUT2D eigenvalue weighted by Gasteiger charge is 2.10. The normalized spacial score (nSPS) is 10.0. The zero-order valence-electron chi connectivity index (χ0n) is 12.1. The number of hydrogen-bond acceptors (Lipinski definition) is 4. The third kappa shape index (κ3) is 3.52. The highest BCUT2D eigenvalue weighted by molar-refractivity contribution is 6.04. The van der Waals surface area contributed by atoms with Gasteiger partial charge < -0.3 is 20.5 Å². The van der Waals surface area contributed by atoms with Gasteiger partial charge in [0.05, 0.1) is 14.2 Å². The quantitative estimate of drug-likeness (QED) is 0.885. The molecule has 0 bridgehead atoms. The molecule has 0 fully saturated rings. The molecule has 0 aromatic heterocycles. The molecule has 1 amide bonds. The van der Waals surface area contributed by atoms with Crippen LogP contribution in [0.25, 0.3) is 0 Å². The van der Waals surface area contributed by atoms with Crippen LogP contribution in [0.3, 0.4) is 0 Å². The Labute approximate surface area is 123 Å². The molecule has 0 saturated carbocycles. The molecule has 0 atom stereocenters. The predicted molar refractivity (Wildman–Crippen MR) is 81.8 cm³/mol. The molecule has 3 N–H and O–H groups in total. The largest absolute Gasteiger partial charge is 0.493 e. The number of nitrogens with one attached hydrogen (secondary N) is 1. The molecular weight excluding hydrogens is 268 g/mol. The molecule has 0 aliphatic rings. The second-order valence-corrected chi connectivity index (χ2v) is 4.42. The summed E-state index contributed by atoms with van der Waals surface area (Å²) in [5, 5.41) is 2.82. The summed E-state index contributed by atoms with van der Waals surface area (Å²) in [7, 11) is 3.08. The molecule has 0 unspecified atom stereocenters. The van der Waals surface area contributed by atoms with E-state index in [0.29, 0.717) is 29.3 Å². The summed E-state index contributed by atoms with van der Waals surface area (Å²) in [5.41, 5.74) is 7.76. The van der Waals surface area contributed by atoms with E-state index in [0.717, 1.165) is 5.56 Å². The van der Waals surface area contributed by atoms with Crippen LogP contribution in [0.4, 0.5) is 5.69 Å². The smallest absolute Gasteiger partial charge is 0.255 e. The van der Waals surface area contributed by atoms with Gasteiger partial charge in [-0.1, -0.05) is 12.1 Å². The summed E-state index contributed by atoms with van der Waals surface area (Å²) in [4.78, 5) is 12.2. The second-order valence-electron chi connectivity index (χ2n) is 4.42. The first kappa shape index (κ1) is 14.9. The van der Waals surface area contributed by atoms with Crippen molar-refractivity contribution in [3.05, 3.63) is 53.6 Å². The predicted octanol–water partition coefficient (Wildman–Crippen LogP) is 2.41. The van der Waals surface area contributed by atoms with Gasteiger partial charge >= 0.3 is 0 Å². The van der Waals surface area contributed by atoms with Gasteiger partial charge in [-0.05, 0) is 35.9 Å². The molecular formula is C16H18N2O3. The van der Waals surface area contributed by atoms with E-state index < -0.39 is 0 Å². The summed E-state index contributed by atoms with van der Waals surface area (Å²) in [5.74, 6) is 0.890. The van der Waals surface area contributed by atoms with Crippen LogP contribution >= 0.6 is 0 Å².